The number of hydrogen-bond acceptors (Lipinski definition) is 4. The fraction of sp³-hybridized carbons (Fsp3) is 0.917. The molecule has 0 unspecified atom stereocenters. The molecule has 0 N–H and O–H groups in total. The predicted molar refractivity (Wildman–Crippen MR) is 65.1 cm³/mol. The summed E-state index contributed by atoms with van der Waals surface area (Å²) in [5.74, 6) is -0.0917. The van der Waals surface area contributed by atoms with Gasteiger partial charge in [-0.1, -0.05) is 27.7 Å². The van der Waals surface area contributed by atoms with Gasteiger partial charge in [0, 0.05) is 11.3 Å². The lowest BCUT2D eigenvalue weighted by Gasteiger charge is -2.37. The molecule has 2 fully saturated rings. The van der Waals surface area contributed by atoms with Crippen LogP contribution in [-0.4, -0.2) is 24.2 Å². The van der Waals surface area contributed by atoms with E-state index in [1.165, 1.54) is 0 Å². The van der Waals surface area contributed by atoms with Crippen molar-refractivity contribution in [3.05, 3.63) is 0 Å². The Morgan fingerprint density at radius 3 is 2.00 bits per heavy atom. The lowest BCUT2D eigenvalue weighted by molar-refractivity contribution is -0.123. The van der Waals surface area contributed by atoms with Crippen LogP contribution in [0.1, 0.15) is 40.5 Å². The normalized spacial score (nSPS) is 29.0. The maximum Gasteiger partial charge on any atom is 0.344 e. The standard InChI is InChI=1S/C12H21O4P/c1-9(2)10(13)12(5-6-12)17(14)15-7-11(3,4)8-16-17/h9H,5-8H2,1-4H3. The molecule has 0 amide bonds. The lowest BCUT2D eigenvalue weighted by Crippen LogP contribution is -2.36. The molecule has 1 aliphatic carbocycles. The van der Waals surface area contributed by atoms with Gasteiger partial charge in [0.25, 0.3) is 0 Å². The van der Waals surface area contributed by atoms with Crippen LogP contribution in [0.15, 0.2) is 0 Å². The van der Waals surface area contributed by atoms with Crippen molar-refractivity contribution in [3.8, 4) is 0 Å². The van der Waals surface area contributed by atoms with Crippen LogP contribution in [0.3, 0.4) is 0 Å². The van der Waals surface area contributed by atoms with Gasteiger partial charge in [-0.05, 0) is 12.8 Å². The highest BCUT2D eigenvalue weighted by Crippen LogP contribution is 2.73. The van der Waals surface area contributed by atoms with Crippen LogP contribution in [0.25, 0.3) is 0 Å². The molecule has 1 saturated carbocycles. The van der Waals surface area contributed by atoms with E-state index in [9.17, 15) is 9.36 Å². The summed E-state index contributed by atoms with van der Waals surface area (Å²) in [6.45, 7) is 8.47. The molecule has 0 aromatic heterocycles. The summed E-state index contributed by atoms with van der Waals surface area (Å²) in [5, 5.41) is -0.822. The van der Waals surface area contributed by atoms with E-state index in [-0.39, 0.29) is 17.1 Å². The van der Waals surface area contributed by atoms with E-state index in [0.717, 1.165) is 0 Å². The molecule has 0 aromatic rings. The third-order valence-electron chi connectivity index (χ3n) is 3.48. The molecule has 5 heteroatoms. The zero-order valence-corrected chi connectivity index (χ0v) is 11.9. The molecular formula is C12H21O4P. The summed E-state index contributed by atoms with van der Waals surface area (Å²) in [4.78, 5) is 12.2. The van der Waals surface area contributed by atoms with Crippen molar-refractivity contribution in [2.24, 2.45) is 11.3 Å². The van der Waals surface area contributed by atoms with Gasteiger partial charge in [-0.15, -0.1) is 0 Å². The number of Topliss-reactive ketones (excluding diaryl/α,β-unsaturated/α-hetero) is 1. The average Bonchev–Trinajstić information content (AvgIpc) is 3.03. The Balaban J connectivity index is 2.18. The van der Waals surface area contributed by atoms with Crippen LogP contribution in [0.4, 0.5) is 0 Å². The van der Waals surface area contributed by atoms with Crippen LogP contribution in [0.5, 0.6) is 0 Å². The maximum absolute atomic E-state index is 12.7. The first-order chi connectivity index (χ1) is 7.73. The molecule has 98 valence electrons. The van der Waals surface area contributed by atoms with E-state index in [2.05, 4.69) is 0 Å². The molecule has 2 aliphatic rings. The summed E-state index contributed by atoms with van der Waals surface area (Å²) in [5.41, 5.74) is -0.120. The molecular weight excluding hydrogens is 239 g/mol. The largest absolute Gasteiger partial charge is 0.344 e. The zero-order chi connectivity index (χ0) is 12.9. The monoisotopic (exact) mass is 260 g/mol. The molecule has 17 heavy (non-hydrogen) atoms. The van der Waals surface area contributed by atoms with Crippen molar-refractivity contribution in [1.82, 2.24) is 0 Å². The van der Waals surface area contributed by atoms with Crippen LogP contribution in [0, 0.1) is 11.3 Å². The topological polar surface area (TPSA) is 52.6 Å². The van der Waals surface area contributed by atoms with Gasteiger partial charge in [-0.2, -0.15) is 0 Å². The van der Waals surface area contributed by atoms with Gasteiger partial charge in [0.15, 0.2) is 5.78 Å². The Labute approximate surface area is 103 Å². The molecule has 0 atom stereocenters. The number of rotatable bonds is 3. The molecule has 1 heterocycles. The highest BCUT2D eigenvalue weighted by molar-refractivity contribution is 7.57. The minimum atomic E-state index is -3.24. The molecule has 0 bridgehead atoms. The SMILES string of the molecule is CC(C)C(=O)C1(P2(=O)OCC(C)(C)CO2)CC1. The van der Waals surface area contributed by atoms with E-state index in [0.29, 0.717) is 26.1 Å². The van der Waals surface area contributed by atoms with E-state index in [1.807, 2.05) is 27.7 Å². The number of ketones is 1. The van der Waals surface area contributed by atoms with Crippen LogP contribution in [-0.2, 0) is 18.4 Å². The quantitative estimate of drug-likeness (QED) is 0.732. The van der Waals surface area contributed by atoms with Crippen molar-refractivity contribution in [2.45, 2.75) is 45.7 Å². The first-order valence-electron chi connectivity index (χ1n) is 6.16. The third-order valence-corrected chi connectivity index (χ3v) is 6.14. The van der Waals surface area contributed by atoms with Crippen molar-refractivity contribution in [2.75, 3.05) is 13.2 Å². The van der Waals surface area contributed by atoms with E-state index in [4.69, 9.17) is 9.05 Å². The van der Waals surface area contributed by atoms with Gasteiger partial charge >= 0.3 is 7.60 Å². The predicted octanol–water partition coefficient (Wildman–Crippen LogP) is 3.01. The van der Waals surface area contributed by atoms with E-state index >= 15 is 0 Å². The second kappa shape index (κ2) is 3.91. The van der Waals surface area contributed by atoms with Crippen molar-refractivity contribution < 1.29 is 18.4 Å². The molecule has 1 aliphatic heterocycles. The second-order valence-corrected chi connectivity index (χ2v) is 8.63. The zero-order valence-electron chi connectivity index (χ0n) is 11.0. The van der Waals surface area contributed by atoms with Gasteiger partial charge in [0.1, 0.15) is 5.16 Å². The first kappa shape index (κ1) is 13.3. The fourth-order valence-corrected chi connectivity index (χ4v) is 4.95. The molecule has 2 rings (SSSR count). The van der Waals surface area contributed by atoms with Crippen molar-refractivity contribution in [3.63, 3.8) is 0 Å². The smallest absolute Gasteiger partial charge is 0.307 e. The molecule has 0 spiro atoms. The lowest BCUT2D eigenvalue weighted by atomic mass is 9.97. The van der Waals surface area contributed by atoms with Gasteiger partial charge < -0.3 is 9.05 Å². The van der Waals surface area contributed by atoms with Crippen molar-refractivity contribution >= 4 is 13.4 Å². The molecule has 4 nitrogen and oxygen atoms in total. The van der Waals surface area contributed by atoms with Crippen LogP contribution >= 0.6 is 7.60 Å². The Kier molecular flexibility index (Phi) is 3.05. The van der Waals surface area contributed by atoms with E-state index in [1.54, 1.807) is 0 Å². The van der Waals surface area contributed by atoms with Gasteiger partial charge in [0.05, 0.1) is 13.2 Å². The number of hydrogen-bond donors (Lipinski definition) is 0. The van der Waals surface area contributed by atoms with Gasteiger partial charge in [-0.25, -0.2) is 0 Å². The maximum atomic E-state index is 12.7. The van der Waals surface area contributed by atoms with Gasteiger partial charge in [0.2, 0.25) is 0 Å². The minimum Gasteiger partial charge on any atom is -0.307 e. The van der Waals surface area contributed by atoms with Crippen LogP contribution < -0.4 is 0 Å². The number of carbonyl (C=O) groups excluding carboxylic acids is 1. The summed E-state index contributed by atoms with van der Waals surface area (Å²) < 4.78 is 23.7. The number of carbonyl (C=O) groups is 1. The summed E-state index contributed by atoms with van der Waals surface area (Å²) >= 11 is 0. The molecule has 0 radical (unpaired) electrons. The Morgan fingerprint density at radius 1 is 1.18 bits per heavy atom. The summed E-state index contributed by atoms with van der Waals surface area (Å²) in [6.07, 6.45) is 1.28. The first-order valence-corrected chi connectivity index (χ1v) is 7.70. The Hall–Kier alpha value is -0.180. The van der Waals surface area contributed by atoms with Crippen LogP contribution in [0.2, 0.25) is 0 Å². The fourth-order valence-electron chi connectivity index (χ4n) is 2.16. The van der Waals surface area contributed by atoms with Crippen molar-refractivity contribution in [1.29, 1.82) is 0 Å². The second-order valence-electron chi connectivity index (χ2n) is 6.26. The Morgan fingerprint density at radius 2 is 1.65 bits per heavy atom. The highest BCUT2D eigenvalue weighted by atomic mass is 31.2. The molecule has 0 aromatic carbocycles. The highest BCUT2D eigenvalue weighted by Gasteiger charge is 2.66. The average molecular weight is 260 g/mol. The molecule has 1 saturated heterocycles. The summed E-state index contributed by atoms with van der Waals surface area (Å²) in [6, 6.07) is 0. The van der Waals surface area contributed by atoms with Gasteiger partial charge in [-0.3, -0.25) is 9.36 Å². The summed E-state index contributed by atoms with van der Waals surface area (Å²) in [7, 11) is -3.24. The Bertz CT molecular complexity index is 368. The van der Waals surface area contributed by atoms with E-state index < -0.39 is 12.8 Å². The minimum absolute atomic E-state index is 0.0283. The third kappa shape index (κ3) is 2.11.